The van der Waals surface area contributed by atoms with Crippen molar-refractivity contribution in [1.29, 1.82) is 5.26 Å². The Balaban J connectivity index is 2.20. The van der Waals surface area contributed by atoms with E-state index in [-0.39, 0.29) is 0 Å². The monoisotopic (exact) mass is 253 g/mol. The first-order chi connectivity index (χ1) is 9.08. The predicted molar refractivity (Wildman–Crippen MR) is 74.4 cm³/mol. The molecule has 96 valence electrons. The summed E-state index contributed by atoms with van der Waals surface area (Å²) in [5, 5.41) is 8.90. The lowest BCUT2D eigenvalue weighted by Crippen LogP contribution is -2.19. The summed E-state index contributed by atoms with van der Waals surface area (Å²) in [5.41, 5.74) is 8.14. The number of nitrogen functional groups attached to an aromatic ring is 1. The van der Waals surface area contributed by atoms with Crippen LogP contribution in [0.25, 0.3) is 0 Å². The van der Waals surface area contributed by atoms with E-state index < -0.39 is 0 Å². The lowest BCUT2D eigenvalue weighted by molar-refractivity contribution is 0.831. The van der Waals surface area contributed by atoms with Crippen molar-refractivity contribution in [3.8, 4) is 6.07 Å². The van der Waals surface area contributed by atoms with E-state index in [9.17, 15) is 0 Å². The van der Waals surface area contributed by atoms with Crippen molar-refractivity contribution in [2.24, 2.45) is 0 Å². The summed E-state index contributed by atoms with van der Waals surface area (Å²) in [7, 11) is 1.93. The maximum Gasteiger partial charge on any atom is 0.150 e. The third kappa shape index (κ3) is 3.19. The molecule has 5 nitrogen and oxygen atoms in total. The molecule has 2 rings (SSSR count). The number of benzene rings is 1. The number of nitrogens with zero attached hydrogens (tertiary/aromatic N) is 4. The quantitative estimate of drug-likeness (QED) is 0.903. The van der Waals surface area contributed by atoms with Crippen molar-refractivity contribution in [2.45, 2.75) is 13.5 Å². The Hall–Kier alpha value is -2.61. The number of hydrogen-bond donors (Lipinski definition) is 1. The molecule has 0 unspecified atom stereocenters. The molecule has 0 aliphatic heterocycles. The average Bonchev–Trinajstić information content (AvgIpc) is 2.37. The highest BCUT2D eigenvalue weighted by Crippen LogP contribution is 2.16. The fourth-order valence-corrected chi connectivity index (χ4v) is 1.84. The minimum absolute atomic E-state index is 0.474. The van der Waals surface area contributed by atoms with Crippen LogP contribution in [-0.2, 0) is 6.54 Å². The van der Waals surface area contributed by atoms with Crippen LogP contribution in [-0.4, -0.2) is 17.0 Å². The van der Waals surface area contributed by atoms with Crippen molar-refractivity contribution < 1.29 is 0 Å². The molecule has 0 aliphatic rings. The second-order valence-corrected chi connectivity index (χ2v) is 4.37. The molecule has 1 heterocycles. The van der Waals surface area contributed by atoms with Gasteiger partial charge in [-0.25, -0.2) is 9.97 Å². The third-order valence-electron chi connectivity index (χ3n) is 2.71. The maximum atomic E-state index is 8.90. The van der Waals surface area contributed by atoms with Gasteiger partial charge in [-0.05, 0) is 25.1 Å². The molecule has 0 spiro atoms. The number of aryl methyl sites for hydroxylation is 1. The van der Waals surface area contributed by atoms with Crippen molar-refractivity contribution in [2.75, 3.05) is 17.7 Å². The van der Waals surface area contributed by atoms with Gasteiger partial charge in [-0.1, -0.05) is 6.07 Å². The molecule has 0 amide bonds. The fraction of sp³-hybridized carbons (Fsp3) is 0.214. The van der Waals surface area contributed by atoms with Crippen LogP contribution in [0.5, 0.6) is 0 Å². The molecule has 2 aromatic rings. The van der Waals surface area contributed by atoms with Crippen LogP contribution >= 0.6 is 0 Å². The van der Waals surface area contributed by atoms with E-state index in [1.54, 1.807) is 12.1 Å². The molecule has 5 heteroatoms. The second kappa shape index (κ2) is 5.36. The molecule has 0 radical (unpaired) electrons. The highest BCUT2D eigenvalue weighted by molar-refractivity contribution is 5.51. The molecule has 0 fully saturated rings. The molecule has 1 aromatic heterocycles. The molecule has 1 aromatic carbocycles. The number of nitriles is 1. The first-order valence-corrected chi connectivity index (χ1v) is 5.90. The first kappa shape index (κ1) is 12.8. The Morgan fingerprint density at radius 3 is 2.79 bits per heavy atom. The van der Waals surface area contributed by atoms with Crippen LogP contribution in [0.3, 0.4) is 0 Å². The standard InChI is InChI=1S/C14H15N5/c1-10-6-13(16)18-14(17-10)9-19(2)12-5-3-4-11(7-12)8-15/h3-7H,9H2,1-2H3,(H2,16,17,18). The van der Waals surface area contributed by atoms with Crippen molar-refractivity contribution >= 4 is 11.5 Å². The van der Waals surface area contributed by atoms with Gasteiger partial charge in [-0.3, -0.25) is 0 Å². The SMILES string of the molecule is Cc1cc(N)nc(CN(C)c2cccc(C#N)c2)n1. The van der Waals surface area contributed by atoms with Crippen LogP contribution in [0.1, 0.15) is 17.1 Å². The van der Waals surface area contributed by atoms with Gasteiger partial charge in [-0.15, -0.1) is 0 Å². The molecule has 0 aliphatic carbocycles. The normalized spacial score (nSPS) is 9.95. The Morgan fingerprint density at radius 1 is 1.32 bits per heavy atom. The van der Waals surface area contributed by atoms with Crippen LogP contribution in [0.4, 0.5) is 11.5 Å². The van der Waals surface area contributed by atoms with Gasteiger partial charge in [0.2, 0.25) is 0 Å². The Morgan fingerprint density at radius 2 is 2.11 bits per heavy atom. The van der Waals surface area contributed by atoms with Crippen LogP contribution < -0.4 is 10.6 Å². The average molecular weight is 253 g/mol. The zero-order chi connectivity index (χ0) is 13.8. The highest BCUT2D eigenvalue weighted by atomic mass is 15.1. The molecule has 0 bridgehead atoms. The third-order valence-corrected chi connectivity index (χ3v) is 2.71. The summed E-state index contributed by atoms with van der Waals surface area (Å²) < 4.78 is 0. The van der Waals surface area contributed by atoms with E-state index in [4.69, 9.17) is 11.0 Å². The largest absolute Gasteiger partial charge is 0.384 e. The van der Waals surface area contributed by atoms with Gasteiger partial charge in [0, 0.05) is 24.5 Å². The lowest BCUT2D eigenvalue weighted by atomic mass is 10.2. The zero-order valence-electron chi connectivity index (χ0n) is 11.0. The minimum atomic E-state index is 0.474. The zero-order valence-corrected chi connectivity index (χ0v) is 11.0. The van der Waals surface area contributed by atoms with E-state index in [2.05, 4.69) is 16.0 Å². The topological polar surface area (TPSA) is 78.8 Å². The molecule has 0 saturated carbocycles. The summed E-state index contributed by atoms with van der Waals surface area (Å²) >= 11 is 0. The van der Waals surface area contributed by atoms with Gasteiger partial charge < -0.3 is 10.6 Å². The smallest absolute Gasteiger partial charge is 0.150 e. The number of anilines is 2. The van der Waals surface area contributed by atoms with Crippen molar-refractivity contribution in [3.63, 3.8) is 0 Å². The minimum Gasteiger partial charge on any atom is -0.384 e. The van der Waals surface area contributed by atoms with Crippen LogP contribution in [0.2, 0.25) is 0 Å². The van der Waals surface area contributed by atoms with Gasteiger partial charge in [-0.2, -0.15) is 5.26 Å². The molecule has 2 N–H and O–H groups in total. The number of rotatable bonds is 3. The molecular formula is C14H15N5. The number of aromatic nitrogens is 2. The molecule has 19 heavy (non-hydrogen) atoms. The maximum absolute atomic E-state index is 8.90. The van der Waals surface area contributed by atoms with Crippen molar-refractivity contribution in [1.82, 2.24) is 9.97 Å². The fourth-order valence-electron chi connectivity index (χ4n) is 1.84. The number of nitrogens with two attached hydrogens (primary N) is 1. The van der Waals surface area contributed by atoms with Gasteiger partial charge in [0.1, 0.15) is 11.6 Å². The van der Waals surface area contributed by atoms with Gasteiger partial charge in [0.15, 0.2) is 0 Å². The van der Waals surface area contributed by atoms with E-state index in [0.717, 1.165) is 11.4 Å². The Labute approximate surface area is 112 Å². The van der Waals surface area contributed by atoms with Gasteiger partial charge >= 0.3 is 0 Å². The van der Waals surface area contributed by atoms with Gasteiger partial charge in [0.05, 0.1) is 18.2 Å². The number of hydrogen-bond acceptors (Lipinski definition) is 5. The molecule has 0 atom stereocenters. The predicted octanol–water partition coefficient (Wildman–Crippen LogP) is 1.88. The first-order valence-electron chi connectivity index (χ1n) is 5.90. The van der Waals surface area contributed by atoms with E-state index in [1.807, 2.05) is 37.1 Å². The van der Waals surface area contributed by atoms with E-state index >= 15 is 0 Å². The van der Waals surface area contributed by atoms with Gasteiger partial charge in [0.25, 0.3) is 0 Å². The Kier molecular flexibility index (Phi) is 3.62. The molecular weight excluding hydrogens is 238 g/mol. The summed E-state index contributed by atoms with van der Waals surface area (Å²) in [4.78, 5) is 10.5. The van der Waals surface area contributed by atoms with Crippen LogP contribution in [0.15, 0.2) is 30.3 Å². The van der Waals surface area contributed by atoms with Crippen LogP contribution in [0, 0.1) is 18.3 Å². The molecule has 0 saturated heterocycles. The summed E-state index contributed by atoms with van der Waals surface area (Å²) in [5.74, 6) is 1.14. The van der Waals surface area contributed by atoms with E-state index in [1.165, 1.54) is 0 Å². The summed E-state index contributed by atoms with van der Waals surface area (Å²) in [6.07, 6.45) is 0. The van der Waals surface area contributed by atoms with Crippen molar-refractivity contribution in [3.05, 3.63) is 47.4 Å². The Bertz CT molecular complexity index is 610. The highest BCUT2D eigenvalue weighted by Gasteiger charge is 2.06. The summed E-state index contributed by atoms with van der Waals surface area (Å²) in [6.45, 7) is 2.43. The lowest BCUT2D eigenvalue weighted by Gasteiger charge is -2.18. The second-order valence-electron chi connectivity index (χ2n) is 4.37. The summed E-state index contributed by atoms with van der Waals surface area (Å²) in [6, 6.07) is 11.3. The van der Waals surface area contributed by atoms with E-state index in [0.29, 0.717) is 23.8 Å².